The maximum atomic E-state index is 4.97. The van der Waals surface area contributed by atoms with Crippen molar-refractivity contribution in [2.75, 3.05) is 0 Å². The Morgan fingerprint density at radius 3 is 1.44 bits per heavy atom. The average molecular weight is 842 g/mol. The number of para-hydroxylation sites is 1. The van der Waals surface area contributed by atoms with Gasteiger partial charge in [-0.1, -0.05) is 153 Å². The molecule has 9 aromatic carbocycles. The molecule has 0 spiro atoms. The van der Waals surface area contributed by atoms with E-state index in [0.717, 1.165) is 61.4 Å². The maximum Gasteiger partial charge on any atom is 0.164 e. The van der Waals surface area contributed by atoms with Gasteiger partial charge in [0.25, 0.3) is 0 Å². The Balaban J connectivity index is 0.943. The summed E-state index contributed by atoms with van der Waals surface area (Å²) in [5, 5.41) is 6.21. The van der Waals surface area contributed by atoms with Crippen LogP contribution in [0.3, 0.4) is 0 Å². The first-order valence-electron chi connectivity index (χ1n) is 22.3. The quantitative estimate of drug-likeness (QED) is 0.153. The van der Waals surface area contributed by atoms with Gasteiger partial charge in [0.1, 0.15) is 0 Å². The van der Waals surface area contributed by atoms with Gasteiger partial charge in [-0.2, -0.15) is 0 Å². The van der Waals surface area contributed by atoms with Crippen molar-refractivity contribution in [3.63, 3.8) is 0 Å². The lowest BCUT2D eigenvalue weighted by molar-refractivity contribution is 1.07. The van der Waals surface area contributed by atoms with Crippen molar-refractivity contribution in [3.8, 4) is 78.9 Å². The Labute approximate surface area is 381 Å². The fourth-order valence-corrected chi connectivity index (χ4v) is 10.3. The molecule has 308 valence electrons. The number of fused-ring (bicyclic) bond motifs is 8. The van der Waals surface area contributed by atoms with E-state index in [1.165, 1.54) is 54.8 Å². The summed E-state index contributed by atoms with van der Waals surface area (Å²) in [4.78, 5) is 14.8. The van der Waals surface area contributed by atoms with Crippen molar-refractivity contribution >= 4 is 55.6 Å². The van der Waals surface area contributed by atoms with Crippen LogP contribution in [0.2, 0.25) is 0 Å². The zero-order valence-electron chi connectivity index (χ0n) is 35.9. The number of rotatable bonds is 8. The minimum absolute atomic E-state index is 0.613. The van der Waals surface area contributed by atoms with E-state index in [0.29, 0.717) is 17.5 Å². The molecule has 5 nitrogen and oxygen atoms in total. The van der Waals surface area contributed by atoms with Crippen molar-refractivity contribution in [1.82, 2.24) is 24.1 Å². The molecule has 0 fully saturated rings. The predicted octanol–water partition coefficient (Wildman–Crippen LogP) is 15.7. The van der Waals surface area contributed by atoms with E-state index in [2.05, 4.69) is 162 Å². The molecule has 0 unspecified atom stereocenters. The van der Waals surface area contributed by atoms with E-state index < -0.39 is 0 Å². The molecule has 0 atom stereocenters. The van der Waals surface area contributed by atoms with E-state index in [9.17, 15) is 0 Å². The second-order valence-corrected chi connectivity index (χ2v) is 16.9. The summed E-state index contributed by atoms with van der Waals surface area (Å²) in [6, 6.07) is 71.1. The topological polar surface area (TPSA) is 48.5 Å². The van der Waals surface area contributed by atoms with E-state index in [1.807, 2.05) is 72.8 Å². The molecule has 0 N–H and O–H groups in total. The zero-order chi connectivity index (χ0) is 43.9. The molecule has 0 aliphatic heterocycles. The largest absolute Gasteiger partial charge is 0.309 e. The third-order valence-corrected chi connectivity index (χ3v) is 13.3. The van der Waals surface area contributed by atoms with Crippen LogP contribution in [0.25, 0.3) is 135 Å². The lowest BCUT2D eigenvalue weighted by Crippen LogP contribution is -2.01. The molecule has 0 saturated heterocycles. The molecule has 0 bridgehead atoms. The molecule has 1 aliphatic carbocycles. The molecular weight excluding hydrogens is 803 g/mol. The van der Waals surface area contributed by atoms with E-state index in [1.54, 1.807) is 0 Å². The molecule has 1 aliphatic rings. The van der Waals surface area contributed by atoms with Crippen molar-refractivity contribution in [2.45, 2.75) is 0 Å². The Bertz CT molecular complexity index is 3880. The lowest BCUT2D eigenvalue weighted by atomic mass is 9.96. The Hall–Kier alpha value is -8.93. The van der Waals surface area contributed by atoms with Crippen molar-refractivity contribution in [3.05, 3.63) is 225 Å². The molecule has 3 heterocycles. The molecule has 5 heteroatoms. The first kappa shape index (κ1) is 37.6. The van der Waals surface area contributed by atoms with Crippen molar-refractivity contribution < 1.29 is 0 Å². The first-order chi connectivity index (χ1) is 32.6. The third-order valence-electron chi connectivity index (χ3n) is 13.3. The van der Waals surface area contributed by atoms with Gasteiger partial charge in [0, 0.05) is 49.8 Å². The highest BCUT2D eigenvalue weighted by molar-refractivity contribution is 6.29. The molecule has 13 rings (SSSR count). The zero-order valence-corrected chi connectivity index (χ0v) is 35.9. The number of hydrogen-bond donors (Lipinski definition) is 0. The molecule has 66 heavy (non-hydrogen) atoms. The fraction of sp³-hybridized carbons (Fsp3) is 0. The number of benzene rings is 9. The van der Waals surface area contributed by atoms with Crippen LogP contribution in [0.5, 0.6) is 0 Å². The Morgan fingerprint density at radius 1 is 0.333 bits per heavy atom. The molecule has 3 aromatic heterocycles. The first-order valence-corrected chi connectivity index (χ1v) is 22.3. The van der Waals surface area contributed by atoms with Crippen LogP contribution in [0, 0.1) is 0 Å². The van der Waals surface area contributed by atoms with E-state index in [-0.39, 0.29) is 0 Å². The van der Waals surface area contributed by atoms with Crippen LogP contribution in [0.1, 0.15) is 11.3 Å². The van der Waals surface area contributed by atoms with Gasteiger partial charge in [0.05, 0.1) is 22.2 Å². The summed E-state index contributed by atoms with van der Waals surface area (Å²) in [6.45, 7) is 8.59. The smallest absolute Gasteiger partial charge is 0.164 e. The highest BCUT2D eigenvalue weighted by Crippen LogP contribution is 2.51. The van der Waals surface area contributed by atoms with Crippen LogP contribution in [0.15, 0.2) is 213 Å². The van der Waals surface area contributed by atoms with Gasteiger partial charge in [-0.15, -0.1) is 0 Å². The average Bonchev–Trinajstić information content (AvgIpc) is 4.02. The Morgan fingerprint density at radius 2 is 0.833 bits per heavy atom. The lowest BCUT2D eigenvalue weighted by Gasteiger charge is -2.12. The van der Waals surface area contributed by atoms with Gasteiger partial charge in [-0.3, -0.25) is 0 Å². The minimum atomic E-state index is 0.613. The third kappa shape index (κ3) is 5.70. The summed E-state index contributed by atoms with van der Waals surface area (Å²) < 4.78 is 4.70. The highest BCUT2D eigenvalue weighted by Gasteiger charge is 2.26. The molecular formula is C61H39N5. The normalized spacial score (nSPS) is 11.8. The Kier molecular flexibility index (Phi) is 8.45. The number of nitrogens with zero attached hydrogens (tertiary/aromatic N) is 5. The highest BCUT2D eigenvalue weighted by atomic mass is 15.0. The van der Waals surface area contributed by atoms with E-state index in [4.69, 9.17) is 15.0 Å². The van der Waals surface area contributed by atoms with Crippen LogP contribution in [-0.4, -0.2) is 24.1 Å². The molecule has 0 radical (unpaired) electrons. The summed E-state index contributed by atoms with van der Waals surface area (Å²) in [7, 11) is 0. The summed E-state index contributed by atoms with van der Waals surface area (Å²) >= 11 is 0. The van der Waals surface area contributed by atoms with Crippen molar-refractivity contribution in [1.29, 1.82) is 0 Å². The van der Waals surface area contributed by atoms with Gasteiger partial charge >= 0.3 is 0 Å². The van der Waals surface area contributed by atoms with Crippen LogP contribution in [0.4, 0.5) is 0 Å². The molecule has 0 amide bonds. The predicted molar refractivity (Wildman–Crippen MR) is 275 cm³/mol. The number of aromatic nitrogens is 5. The van der Waals surface area contributed by atoms with Gasteiger partial charge in [0.2, 0.25) is 0 Å². The molecule has 12 aromatic rings. The minimum Gasteiger partial charge on any atom is -0.309 e. The number of hydrogen-bond acceptors (Lipinski definition) is 3. The van der Waals surface area contributed by atoms with Crippen LogP contribution >= 0.6 is 0 Å². The van der Waals surface area contributed by atoms with Gasteiger partial charge in [-0.25, -0.2) is 15.0 Å². The summed E-state index contributed by atoms with van der Waals surface area (Å²) in [6.07, 6.45) is 3.88. The van der Waals surface area contributed by atoms with E-state index >= 15 is 0 Å². The summed E-state index contributed by atoms with van der Waals surface area (Å²) in [5.41, 5.74) is 17.9. The SMILES string of the molecule is C=Cc1c(C=C)n(-c2ccc(-c3nc(-c4ccccc4)nc(-c4ccccc4)n3)cc2)c2ccc(-c3ccc4c(c3)c3c5cccc6c5c(cc3n4-c3ccccc3)-c3ccccc3-6)cc12. The second-order valence-electron chi connectivity index (χ2n) is 16.9. The van der Waals surface area contributed by atoms with Crippen molar-refractivity contribution in [2.24, 2.45) is 0 Å². The maximum absolute atomic E-state index is 4.97. The van der Waals surface area contributed by atoms with Gasteiger partial charge in [0.15, 0.2) is 17.5 Å². The van der Waals surface area contributed by atoms with Crippen LogP contribution in [-0.2, 0) is 0 Å². The molecule has 0 saturated carbocycles. The summed E-state index contributed by atoms with van der Waals surface area (Å²) in [5.74, 6) is 1.88. The van der Waals surface area contributed by atoms with Crippen LogP contribution < -0.4 is 0 Å². The fourth-order valence-electron chi connectivity index (χ4n) is 10.3. The van der Waals surface area contributed by atoms with Gasteiger partial charge in [-0.05, 0) is 117 Å². The van der Waals surface area contributed by atoms with Gasteiger partial charge < -0.3 is 9.13 Å². The monoisotopic (exact) mass is 841 g/mol. The second kappa shape index (κ2) is 14.8. The standard InChI is InChI=1S/C61H39N5/c1-3-45-50-35-41(42-30-34-55-52(36-42)58-49-26-16-25-48-46-23-14-15-24-47(46)51(57(48)49)37-56(58)66(55)43-21-12-7-13-22-43)29-33-54(50)65(53(45)4-2)44-31-27-40(28-32-44)61-63-59(38-17-8-5-9-18-38)62-60(64-61)39-19-10-6-11-20-39/h3-37H,1-2H2.